The van der Waals surface area contributed by atoms with Gasteiger partial charge in [-0.15, -0.1) is 0 Å². The lowest BCUT2D eigenvalue weighted by Gasteiger charge is -2.21. The summed E-state index contributed by atoms with van der Waals surface area (Å²) < 4.78 is 5.44. The van der Waals surface area contributed by atoms with Crippen LogP contribution in [-0.4, -0.2) is 10.4 Å². The van der Waals surface area contributed by atoms with E-state index in [0.717, 1.165) is 11.0 Å². The molecule has 4 heteroatoms. The van der Waals surface area contributed by atoms with E-state index in [1.165, 1.54) is 13.0 Å². The van der Waals surface area contributed by atoms with Crippen molar-refractivity contribution in [2.24, 2.45) is 0 Å². The Bertz CT molecular complexity index is 466. The number of nitrogens with zero attached hydrogens (tertiary/aromatic N) is 1. The lowest BCUT2D eigenvalue weighted by atomic mass is 10.2. The van der Waals surface area contributed by atoms with E-state index in [1.54, 1.807) is 0 Å². The number of hydrogen-bond donors (Lipinski definition) is 1. The third-order valence-corrected chi connectivity index (χ3v) is 2.10. The zero-order valence-electron chi connectivity index (χ0n) is 8.18. The average molecular weight is 204 g/mol. The summed E-state index contributed by atoms with van der Waals surface area (Å²) in [4.78, 5) is 0. The van der Waals surface area contributed by atoms with Crippen LogP contribution in [0.15, 0.2) is 40.4 Å². The highest BCUT2D eigenvalue weighted by molar-refractivity contribution is 5.79. The predicted molar refractivity (Wildman–Crippen MR) is 56.9 cm³/mol. The molecule has 78 valence electrons. The van der Waals surface area contributed by atoms with Crippen molar-refractivity contribution in [3.05, 3.63) is 47.0 Å². The average Bonchev–Trinajstić information content (AvgIpc) is 2.59. The lowest BCUT2D eigenvalue weighted by Crippen LogP contribution is -2.05. The van der Waals surface area contributed by atoms with Crippen LogP contribution in [0.25, 0.3) is 17.0 Å². The zero-order chi connectivity index (χ0) is 10.8. The van der Waals surface area contributed by atoms with Crippen molar-refractivity contribution >= 4 is 17.0 Å². The van der Waals surface area contributed by atoms with Gasteiger partial charge in [-0.05, 0) is 19.1 Å². The van der Waals surface area contributed by atoms with Crippen LogP contribution in [0.2, 0.25) is 0 Å². The van der Waals surface area contributed by atoms with Gasteiger partial charge in [0.25, 0.3) is 0 Å². The number of hydrogen-bond acceptors (Lipinski definition) is 4. The molecule has 0 aliphatic rings. The van der Waals surface area contributed by atoms with E-state index in [9.17, 15) is 5.21 Å². The highest BCUT2D eigenvalue weighted by atomic mass is 16.8. The summed E-state index contributed by atoms with van der Waals surface area (Å²) in [6.45, 7) is 1.50. The number of hydroxylamine groups is 2. The summed E-state index contributed by atoms with van der Waals surface area (Å²) in [6, 6.07) is 9.35. The van der Waals surface area contributed by atoms with Crippen LogP contribution in [0.3, 0.4) is 0 Å². The van der Waals surface area contributed by atoms with E-state index < -0.39 is 0 Å². The first-order valence-electron chi connectivity index (χ1n) is 4.50. The van der Waals surface area contributed by atoms with Crippen molar-refractivity contribution in [3.8, 4) is 0 Å². The van der Waals surface area contributed by atoms with Crippen molar-refractivity contribution < 1.29 is 9.62 Å². The van der Waals surface area contributed by atoms with Crippen molar-refractivity contribution in [3.63, 3.8) is 0 Å². The number of rotatable bonds is 2. The van der Waals surface area contributed by atoms with E-state index in [2.05, 4.69) is 0 Å². The molecule has 0 radical (unpaired) electrons. The molecule has 0 atom stereocenters. The number of furan rings is 1. The smallest absolute Gasteiger partial charge is 0.134 e. The van der Waals surface area contributed by atoms with Gasteiger partial charge in [-0.2, -0.15) is 0 Å². The maximum atomic E-state index is 10.5. The van der Waals surface area contributed by atoms with Gasteiger partial charge < -0.3 is 14.9 Å². The standard InChI is InChI=1S/C11H10NO3/c1-8(12(13)14)6-10-7-9-4-2-3-5-11(9)15-10/h2-7,13H,1H3/q-1. The van der Waals surface area contributed by atoms with Gasteiger partial charge >= 0.3 is 0 Å². The van der Waals surface area contributed by atoms with Gasteiger partial charge in [-0.25, -0.2) is 0 Å². The molecule has 1 heterocycles. The second kappa shape index (κ2) is 3.76. The summed E-state index contributed by atoms with van der Waals surface area (Å²) in [5, 5.41) is 19.9. The molecule has 0 amide bonds. The fraction of sp³-hybridized carbons (Fsp3) is 0.0909. The van der Waals surface area contributed by atoms with Crippen molar-refractivity contribution in [1.82, 2.24) is 5.23 Å². The third-order valence-electron chi connectivity index (χ3n) is 2.10. The molecular formula is C11H10NO3-. The Morgan fingerprint density at radius 1 is 1.47 bits per heavy atom. The molecule has 2 rings (SSSR count). The summed E-state index contributed by atoms with van der Waals surface area (Å²) in [7, 11) is 0. The largest absolute Gasteiger partial charge is 0.734 e. The van der Waals surface area contributed by atoms with Gasteiger partial charge in [0, 0.05) is 17.2 Å². The number of fused-ring (bicyclic) bond motifs is 1. The van der Waals surface area contributed by atoms with Gasteiger partial charge in [-0.3, -0.25) is 5.21 Å². The molecule has 1 aromatic heterocycles. The fourth-order valence-electron chi connectivity index (χ4n) is 1.33. The molecule has 0 bridgehead atoms. The number of allylic oxidation sites excluding steroid dienone is 1. The number of para-hydroxylation sites is 1. The molecule has 1 aromatic carbocycles. The minimum atomic E-state index is -0.187. The lowest BCUT2D eigenvalue weighted by molar-refractivity contribution is -0.00195. The molecule has 0 aliphatic carbocycles. The van der Waals surface area contributed by atoms with E-state index in [0.29, 0.717) is 5.76 Å². The van der Waals surface area contributed by atoms with E-state index in [4.69, 9.17) is 9.62 Å². The van der Waals surface area contributed by atoms with Gasteiger partial charge in [0.05, 0.1) is 0 Å². The van der Waals surface area contributed by atoms with Crippen LogP contribution >= 0.6 is 0 Å². The summed E-state index contributed by atoms with van der Waals surface area (Å²) >= 11 is 0. The molecular weight excluding hydrogens is 194 g/mol. The Kier molecular flexibility index (Phi) is 2.45. The van der Waals surface area contributed by atoms with Gasteiger partial charge in [-0.1, -0.05) is 18.2 Å². The topological polar surface area (TPSA) is 59.7 Å². The van der Waals surface area contributed by atoms with Crippen LogP contribution in [0, 0.1) is 5.21 Å². The van der Waals surface area contributed by atoms with Crippen LogP contribution in [0.4, 0.5) is 0 Å². The first kappa shape index (κ1) is 9.76. The van der Waals surface area contributed by atoms with Crippen molar-refractivity contribution in [2.45, 2.75) is 6.92 Å². The first-order chi connectivity index (χ1) is 7.16. The normalized spacial score (nSPS) is 12.1. The van der Waals surface area contributed by atoms with Crippen LogP contribution in [-0.2, 0) is 0 Å². The van der Waals surface area contributed by atoms with Crippen molar-refractivity contribution in [1.29, 1.82) is 0 Å². The first-order valence-corrected chi connectivity index (χ1v) is 4.50. The quantitative estimate of drug-likeness (QED) is 0.764. The van der Waals surface area contributed by atoms with Crippen LogP contribution in [0.5, 0.6) is 0 Å². The van der Waals surface area contributed by atoms with Crippen LogP contribution in [0.1, 0.15) is 12.7 Å². The minimum Gasteiger partial charge on any atom is -0.734 e. The van der Waals surface area contributed by atoms with Crippen LogP contribution < -0.4 is 0 Å². The Balaban J connectivity index is 2.41. The minimum absolute atomic E-state index is 0.175. The summed E-state index contributed by atoms with van der Waals surface area (Å²) in [5.41, 5.74) is 0.931. The monoisotopic (exact) mass is 204 g/mol. The fourth-order valence-corrected chi connectivity index (χ4v) is 1.33. The number of benzene rings is 1. The molecule has 2 aromatic rings. The molecule has 4 nitrogen and oxygen atoms in total. The van der Waals surface area contributed by atoms with E-state index in [1.807, 2.05) is 30.3 Å². The molecule has 0 aliphatic heterocycles. The predicted octanol–water partition coefficient (Wildman–Crippen LogP) is 2.98. The molecule has 0 saturated heterocycles. The summed E-state index contributed by atoms with van der Waals surface area (Å²) in [6.07, 6.45) is 1.48. The molecule has 0 unspecified atom stereocenters. The molecule has 0 saturated carbocycles. The summed E-state index contributed by atoms with van der Waals surface area (Å²) in [5.74, 6) is 0.545. The second-order valence-electron chi connectivity index (χ2n) is 3.25. The van der Waals surface area contributed by atoms with Gasteiger partial charge in [0.2, 0.25) is 0 Å². The third kappa shape index (κ3) is 2.01. The highest BCUT2D eigenvalue weighted by Gasteiger charge is 2.00. The molecule has 0 spiro atoms. The zero-order valence-corrected chi connectivity index (χ0v) is 8.18. The Hall–Kier alpha value is -1.78. The second-order valence-corrected chi connectivity index (χ2v) is 3.25. The van der Waals surface area contributed by atoms with Gasteiger partial charge in [0.15, 0.2) is 0 Å². The van der Waals surface area contributed by atoms with E-state index in [-0.39, 0.29) is 10.9 Å². The van der Waals surface area contributed by atoms with E-state index >= 15 is 0 Å². The highest BCUT2D eigenvalue weighted by Crippen LogP contribution is 2.20. The molecule has 15 heavy (non-hydrogen) atoms. The molecule has 0 fully saturated rings. The van der Waals surface area contributed by atoms with Crippen molar-refractivity contribution in [2.75, 3.05) is 0 Å². The molecule has 1 N–H and O–H groups in total. The Labute approximate surface area is 86.6 Å². The maximum absolute atomic E-state index is 10.5. The SMILES string of the molecule is CC(=Cc1cc2ccccc2o1)N([O-])O. The Morgan fingerprint density at radius 2 is 2.20 bits per heavy atom. The Morgan fingerprint density at radius 3 is 2.87 bits per heavy atom. The maximum Gasteiger partial charge on any atom is 0.134 e. The van der Waals surface area contributed by atoms with Gasteiger partial charge in [0.1, 0.15) is 11.3 Å².